The van der Waals surface area contributed by atoms with E-state index in [0.29, 0.717) is 30.0 Å². The number of anilines is 1. The summed E-state index contributed by atoms with van der Waals surface area (Å²) in [6.07, 6.45) is 1.26. The lowest BCUT2D eigenvalue weighted by Gasteiger charge is -2.41. The first kappa shape index (κ1) is 13.3. The molecular formula is C15H23FN2. The summed E-state index contributed by atoms with van der Waals surface area (Å²) in [7, 11) is 0. The first-order valence-electron chi connectivity index (χ1n) is 6.76. The van der Waals surface area contributed by atoms with Crippen LogP contribution in [0.4, 0.5) is 10.1 Å². The fraction of sp³-hybridized carbons (Fsp3) is 0.600. The average Bonchev–Trinajstić information content (AvgIpc) is 2.31. The van der Waals surface area contributed by atoms with Crippen LogP contribution in [-0.4, -0.2) is 17.5 Å². The van der Waals surface area contributed by atoms with Gasteiger partial charge in [0.1, 0.15) is 0 Å². The van der Waals surface area contributed by atoms with Crippen LogP contribution < -0.4 is 5.73 Å². The second kappa shape index (κ2) is 5.27. The minimum atomic E-state index is -0.254. The maximum Gasteiger partial charge on any atom is 0.150 e. The van der Waals surface area contributed by atoms with E-state index in [1.807, 2.05) is 12.1 Å². The number of halogens is 1. The number of likely N-dealkylation sites (tertiary alicyclic amines) is 1. The molecular weight excluding hydrogens is 227 g/mol. The molecule has 0 saturated carbocycles. The highest BCUT2D eigenvalue weighted by Crippen LogP contribution is 2.29. The van der Waals surface area contributed by atoms with Crippen molar-refractivity contribution in [3.05, 3.63) is 29.6 Å². The Bertz CT molecular complexity index is 419. The normalized spacial score (nSPS) is 29.4. The Morgan fingerprint density at radius 3 is 2.78 bits per heavy atom. The molecule has 1 aliphatic rings. The van der Waals surface area contributed by atoms with Crippen molar-refractivity contribution in [1.82, 2.24) is 4.90 Å². The summed E-state index contributed by atoms with van der Waals surface area (Å²) in [5.41, 5.74) is 6.58. The van der Waals surface area contributed by atoms with Gasteiger partial charge < -0.3 is 5.73 Å². The lowest BCUT2D eigenvalue weighted by Crippen LogP contribution is -2.45. The number of piperidine rings is 1. The summed E-state index contributed by atoms with van der Waals surface area (Å²) < 4.78 is 13.9. The predicted octanol–water partition coefficient (Wildman–Crippen LogP) is 3.27. The smallest absolute Gasteiger partial charge is 0.150 e. The van der Waals surface area contributed by atoms with Crippen molar-refractivity contribution in [3.63, 3.8) is 0 Å². The van der Waals surface area contributed by atoms with E-state index in [1.165, 1.54) is 6.42 Å². The van der Waals surface area contributed by atoms with E-state index in [4.69, 9.17) is 5.73 Å². The molecule has 1 heterocycles. The monoisotopic (exact) mass is 250 g/mol. The van der Waals surface area contributed by atoms with Crippen LogP contribution in [0.2, 0.25) is 0 Å². The van der Waals surface area contributed by atoms with Crippen LogP contribution in [0, 0.1) is 17.7 Å². The van der Waals surface area contributed by atoms with Crippen LogP contribution in [0.1, 0.15) is 32.8 Å². The molecule has 0 aliphatic carbocycles. The topological polar surface area (TPSA) is 29.3 Å². The zero-order chi connectivity index (χ0) is 13.3. The number of benzene rings is 1. The van der Waals surface area contributed by atoms with Gasteiger partial charge in [-0.3, -0.25) is 4.90 Å². The van der Waals surface area contributed by atoms with E-state index >= 15 is 0 Å². The first-order chi connectivity index (χ1) is 8.49. The fourth-order valence-corrected chi connectivity index (χ4v) is 2.98. The van der Waals surface area contributed by atoms with Gasteiger partial charge in [-0.2, -0.15) is 0 Å². The van der Waals surface area contributed by atoms with Crippen molar-refractivity contribution in [2.24, 2.45) is 11.8 Å². The van der Waals surface area contributed by atoms with Gasteiger partial charge >= 0.3 is 0 Å². The van der Waals surface area contributed by atoms with Crippen molar-refractivity contribution >= 4 is 5.69 Å². The number of nitrogens with zero attached hydrogens (tertiary/aromatic N) is 1. The van der Waals surface area contributed by atoms with Crippen molar-refractivity contribution in [3.8, 4) is 0 Å². The molecule has 1 saturated heterocycles. The Hall–Kier alpha value is -1.09. The summed E-state index contributed by atoms with van der Waals surface area (Å²) in [5, 5.41) is 0. The summed E-state index contributed by atoms with van der Waals surface area (Å²) in [4.78, 5) is 2.37. The summed E-state index contributed by atoms with van der Waals surface area (Å²) in [5.74, 6) is 1.09. The predicted molar refractivity (Wildman–Crippen MR) is 73.6 cm³/mol. The molecule has 18 heavy (non-hydrogen) atoms. The fourth-order valence-electron chi connectivity index (χ4n) is 2.98. The molecule has 0 aromatic heterocycles. The zero-order valence-electron chi connectivity index (χ0n) is 11.5. The Morgan fingerprint density at radius 1 is 1.33 bits per heavy atom. The number of rotatable bonds is 2. The minimum absolute atomic E-state index is 0.248. The molecule has 3 heteroatoms. The lowest BCUT2D eigenvalue weighted by molar-refractivity contribution is 0.0720. The van der Waals surface area contributed by atoms with Gasteiger partial charge in [-0.05, 0) is 31.2 Å². The Balaban J connectivity index is 2.15. The highest BCUT2D eigenvalue weighted by Gasteiger charge is 2.29. The standard InChI is InChI=1S/C15H23FN2/c1-10-7-11(2)12(3)18(8-10)9-13-5-4-6-14(17)15(13)16/h4-6,10-12H,7-9,17H2,1-3H3. The van der Waals surface area contributed by atoms with Crippen LogP contribution in [0.5, 0.6) is 0 Å². The summed E-state index contributed by atoms with van der Waals surface area (Å²) in [6.45, 7) is 8.49. The molecule has 2 rings (SSSR count). The number of nitrogens with two attached hydrogens (primary N) is 1. The number of hydrogen-bond donors (Lipinski definition) is 1. The lowest BCUT2D eigenvalue weighted by atomic mass is 9.86. The molecule has 2 nitrogen and oxygen atoms in total. The second-order valence-electron chi connectivity index (χ2n) is 5.81. The molecule has 0 amide bonds. The van der Waals surface area contributed by atoms with Crippen LogP contribution in [0.25, 0.3) is 0 Å². The summed E-state index contributed by atoms with van der Waals surface area (Å²) >= 11 is 0. The third kappa shape index (κ3) is 2.66. The van der Waals surface area contributed by atoms with E-state index in [0.717, 1.165) is 6.54 Å². The van der Waals surface area contributed by atoms with Crippen LogP contribution in [0.15, 0.2) is 18.2 Å². The van der Waals surface area contributed by atoms with Crippen LogP contribution >= 0.6 is 0 Å². The minimum Gasteiger partial charge on any atom is -0.396 e. The van der Waals surface area contributed by atoms with E-state index in [9.17, 15) is 4.39 Å². The third-order valence-corrected chi connectivity index (χ3v) is 4.20. The van der Waals surface area contributed by atoms with Gasteiger partial charge in [0.15, 0.2) is 5.82 Å². The molecule has 2 N–H and O–H groups in total. The van der Waals surface area contributed by atoms with Crippen LogP contribution in [0.3, 0.4) is 0 Å². The van der Waals surface area contributed by atoms with Crippen molar-refractivity contribution in [2.75, 3.05) is 12.3 Å². The van der Waals surface area contributed by atoms with E-state index in [1.54, 1.807) is 6.07 Å². The molecule has 1 fully saturated rings. The molecule has 1 aliphatic heterocycles. The Kier molecular flexibility index (Phi) is 3.91. The number of hydrogen-bond acceptors (Lipinski definition) is 2. The molecule has 0 bridgehead atoms. The third-order valence-electron chi connectivity index (χ3n) is 4.20. The highest BCUT2D eigenvalue weighted by atomic mass is 19.1. The van der Waals surface area contributed by atoms with Gasteiger partial charge in [0, 0.05) is 24.7 Å². The van der Waals surface area contributed by atoms with Gasteiger partial charge in [-0.1, -0.05) is 26.0 Å². The van der Waals surface area contributed by atoms with Crippen molar-refractivity contribution in [2.45, 2.75) is 39.8 Å². The van der Waals surface area contributed by atoms with E-state index in [-0.39, 0.29) is 11.5 Å². The average molecular weight is 250 g/mol. The molecule has 3 unspecified atom stereocenters. The van der Waals surface area contributed by atoms with Crippen molar-refractivity contribution in [1.29, 1.82) is 0 Å². The maximum atomic E-state index is 13.9. The highest BCUT2D eigenvalue weighted by molar-refractivity contribution is 5.42. The molecule has 1 aromatic rings. The molecule has 0 radical (unpaired) electrons. The van der Waals surface area contributed by atoms with Gasteiger partial charge in [-0.15, -0.1) is 0 Å². The van der Waals surface area contributed by atoms with Gasteiger partial charge in [-0.25, -0.2) is 4.39 Å². The SMILES string of the molecule is CC1CC(C)C(C)N(Cc2cccc(N)c2F)C1. The van der Waals surface area contributed by atoms with Gasteiger partial charge in [0.25, 0.3) is 0 Å². The van der Waals surface area contributed by atoms with Crippen LogP contribution in [-0.2, 0) is 6.54 Å². The zero-order valence-corrected chi connectivity index (χ0v) is 11.5. The maximum absolute atomic E-state index is 13.9. The molecule has 0 spiro atoms. The second-order valence-corrected chi connectivity index (χ2v) is 5.81. The van der Waals surface area contributed by atoms with E-state index in [2.05, 4.69) is 25.7 Å². The number of nitrogen functional groups attached to an aromatic ring is 1. The summed E-state index contributed by atoms with van der Waals surface area (Å²) in [6, 6.07) is 5.78. The van der Waals surface area contributed by atoms with Gasteiger partial charge in [0.05, 0.1) is 5.69 Å². The Morgan fingerprint density at radius 2 is 2.06 bits per heavy atom. The largest absolute Gasteiger partial charge is 0.396 e. The Labute approximate surface area is 109 Å². The first-order valence-corrected chi connectivity index (χ1v) is 6.76. The molecule has 1 aromatic carbocycles. The van der Waals surface area contributed by atoms with E-state index < -0.39 is 0 Å². The van der Waals surface area contributed by atoms with Crippen molar-refractivity contribution < 1.29 is 4.39 Å². The molecule has 100 valence electrons. The quantitative estimate of drug-likeness (QED) is 0.816. The van der Waals surface area contributed by atoms with Gasteiger partial charge in [0.2, 0.25) is 0 Å². The molecule has 3 atom stereocenters.